The van der Waals surface area contributed by atoms with E-state index in [1.54, 1.807) is 21.1 Å². The Morgan fingerprint density at radius 3 is 2.41 bits per heavy atom. The van der Waals surface area contributed by atoms with E-state index >= 15 is 0 Å². The number of benzene rings is 1. The second-order valence-electron chi connectivity index (χ2n) is 5.78. The van der Waals surface area contributed by atoms with Crippen LogP contribution in [0.5, 0.6) is 11.5 Å². The quantitative estimate of drug-likeness (QED) is 0.907. The van der Waals surface area contributed by atoms with Crippen LogP contribution in [0.15, 0.2) is 18.2 Å². The summed E-state index contributed by atoms with van der Waals surface area (Å²) in [5, 5.41) is 3.65. The minimum Gasteiger partial charge on any atom is -0.493 e. The summed E-state index contributed by atoms with van der Waals surface area (Å²) in [5.41, 5.74) is 1.17. The molecule has 5 nitrogen and oxygen atoms in total. The molecule has 1 aromatic carbocycles. The van der Waals surface area contributed by atoms with Gasteiger partial charge < -0.3 is 19.7 Å². The van der Waals surface area contributed by atoms with Crippen molar-refractivity contribution in [3.63, 3.8) is 0 Å². The monoisotopic (exact) mass is 306 g/mol. The molecule has 0 radical (unpaired) electrons. The lowest BCUT2D eigenvalue weighted by atomic mass is 10.0. The van der Waals surface area contributed by atoms with Crippen molar-refractivity contribution in [2.75, 3.05) is 27.3 Å². The molecule has 0 bridgehead atoms. The molecule has 1 aliphatic rings. The van der Waals surface area contributed by atoms with Crippen LogP contribution in [-0.4, -0.2) is 44.2 Å². The van der Waals surface area contributed by atoms with Crippen molar-refractivity contribution >= 4 is 5.91 Å². The molecular weight excluding hydrogens is 280 g/mol. The van der Waals surface area contributed by atoms with Gasteiger partial charge in [0.2, 0.25) is 5.91 Å². The van der Waals surface area contributed by atoms with Crippen LogP contribution in [-0.2, 0) is 4.79 Å². The molecule has 1 N–H and O–H groups in total. The maximum absolute atomic E-state index is 11.4. The summed E-state index contributed by atoms with van der Waals surface area (Å²) < 4.78 is 10.6. The van der Waals surface area contributed by atoms with Gasteiger partial charge in [0, 0.05) is 32.1 Å². The topological polar surface area (TPSA) is 50.8 Å². The van der Waals surface area contributed by atoms with Gasteiger partial charge in [0.15, 0.2) is 11.5 Å². The van der Waals surface area contributed by atoms with E-state index in [0.717, 1.165) is 37.4 Å². The third-order valence-electron chi connectivity index (χ3n) is 4.33. The van der Waals surface area contributed by atoms with Crippen molar-refractivity contribution in [1.82, 2.24) is 10.2 Å². The number of nitrogens with zero attached hydrogens (tertiary/aromatic N) is 1. The van der Waals surface area contributed by atoms with Crippen molar-refractivity contribution in [1.29, 1.82) is 0 Å². The van der Waals surface area contributed by atoms with Gasteiger partial charge in [0.05, 0.1) is 14.2 Å². The van der Waals surface area contributed by atoms with Crippen LogP contribution >= 0.6 is 0 Å². The highest BCUT2D eigenvalue weighted by Crippen LogP contribution is 2.30. The molecule has 1 amide bonds. The predicted octanol–water partition coefficient (Wildman–Crippen LogP) is 2.37. The van der Waals surface area contributed by atoms with E-state index in [4.69, 9.17) is 9.47 Å². The average Bonchev–Trinajstić information content (AvgIpc) is 2.54. The Morgan fingerprint density at radius 1 is 1.23 bits per heavy atom. The molecule has 2 rings (SSSR count). The first-order chi connectivity index (χ1) is 10.5. The van der Waals surface area contributed by atoms with Crippen molar-refractivity contribution in [3.8, 4) is 11.5 Å². The largest absolute Gasteiger partial charge is 0.493 e. The van der Waals surface area contributed by atoms with Crippen molar-refractivity contribution in [2.45, 2.75) is 38.8 Å². The molecule has 1 aromatic rings. The normalized spacial score (nSPS) is 17.2. The number of piperidine rings is 1. The first-order valence-electron chi connectivity index (χ1n) is 7.78. The number of nitrogens with one attached hydrogen (secondary N) is 1. The zero-order valence-corrected chi connectivity index (χ0v) is 13.9. The van der Waals surface area contributed by atoms with Crippen LogP contribution in [0.25, 0.3) is 0 Å². The SMILES string of the molecule is COc1ccc(C(C)NC2CCN(C(C)=O)CC2)cc1OC. The summed E-state index contributed by atoms with van der Waals surface area (Å²) in [6.45, 7) is 5.47. The summed E-state index contributed by atoms with van der Waals surface area (Å²) in [6.07, 6.45) is 1.99. The fourth-order valence-electron chi connectivity index (χ4n) is 2.93. The van der Waals surface area contributed by atoms with Crippen LogP contribution in [0, 0.1) is 0 Å². The Balaban J connectivity index is 1.95. The minimum absolute atomic E-state index is 0.173. The maximum Gasteiger partial charge on any atom is 0.219 e. The molecular formula is C17H26N2O3. The van der Waals surface area contributed by atoms with Crippen molar-refractivity contribution < 1.29 is 14.3 Å². The first-order valence-corrected chi connectivity index (χ1v) is 7.78. The summed E-state index contributed by atoms with van der Waals surface area (Å²) in [6, 6.07) is 6.68. The summed E-state index contributed by atoms with van der Waals surface area (Å²) in [4.78, 5) is 13.3. The number of amides is 1. The lowest BCUT2D eigenvalue weighted by molar-refractivity contribution is -0.129. The first kappa shape index (κ1) is 16.6. The van der Waals surface area contributed by atoms with Crippen molar-refractivity contribution in [2.24, 2.45) is 0 Å². The number of likely N-dealkylation sites (tertiary alicyclic amines) is 1. The van der Waals surface area contributed by atoms with Gasteiger partial charge in [-0.05, 0) is 37.5 Å². The lowest BCUT2D eigenvalue weighted by Crippen LogP contribution is -2.44. The Hall–Kier alpha value is -1.75. The molecule has 1 saturated heterocycles. The van der Waals surface area contributed by atoms with Crippen LogP contribution in [0.3, 0.4) is 0 Å². The second-order valence-corrected chi connectivity index (χ2v) is 5.78. The van der Waals surface area contributed by atoms with E-state index in [1.165, 1.54) is 5.56 Å². The van der Waals surface area contributed by atoms with Gasteiger partial charge in [-0.2, -0.15) is 0 Å². The fraction of sp³-hybridized carbons (Fsp3) is 0.588. The highest BCUT2D eigenvalue weighted by atomic mass is 16.5. The van der Waals surface area contributed by atoms with E-state index < -0.39 is 0 Å². The van der Waals surface area contributed by atoms with Crippen LogP contribution in [0.4, 0.5) is 0 Å². The summed E-state index contributed by atoms with van der Waals surface area (Å²) in [7, 11) is 3.29. The van der Waals surface area contributed by atoms with Gasteiger partial charge >= 0.3 is 0 Å². The van der Waals surface area contributed by atoms with E-state index in [9.17, 15) is 4.79 Å². The Kier molecular flexibility index (Phi) is 5.66. The Labute approximate surface area is 132 Å². The van der Waals surface area contributed by atoms with Gasteiger partial charge in [0.1, 0.15) is 0 Å². The molecule has 1 heterocycles. The van der Waals surface area contributed by atoms with E-state index in [0.29, 0.717) is 6.04 Å². The highest BCUT2D eigenvalue weighted by molar-refractivity contribution is 5.73. The number of carbonyl (C=O) groups is 1. The van der Waals surface area contributed by atoms with Gasteiger partial charge in [-0.1, -0.05) is 6.07 Å². The molecule has 22 heavy (non-hydrogen) atoms. The average molecular weight is 306 g/mol. The molecule has 1 aliphatic heterocycles. The predicted molar refractivity (Wildman–Crippen MR) is 86.4 cm³/mol. The van der Waals surface area contributed by atoms with Crippen LogP contribution in [0.1, 0.15) is 38.3 Å². The second kappa shape index (κ2) is 7.49. The Bertz CT molecular complexity index is 511. The third kappa shape index (κ3) is 3.91. The zero-order valence-electron chi connectivity index (χ0n) is 13.9. The van der Waals surface area contributed by atoms with Gasteiger partial charge in [-0.25, -0.2) is 0 Å². The lowest BCUT2D eigenvalue weighted by Gasteiger charge is -2.33. The molecule has 0 spiro atoms. The molecule has 122 valence electrons. The molecule has 1 atom stereocenters. The molecule has 1 unspecified atom stereocenters. The van der Waals surface area contributed by atoms with E-state index in [1.807, 2.05) is 17.0 Å². The van der Waals surface area contributed by atoms with Gasteiger partial charge in [-0.3, -0.25) is 4.79 Å². The highest BCUT2D eigenvalue weighted by Gasteiger charge is 2.22. The smallest absolute Gasteiger partial charge is 0.219 e. The third-order valence-corrected chi connectivity index (χ3v) is 4.33. The van der Waals surface area contributed by atoms with Crippen LogP contribution in [0.2, 0.25) is 0 Å². The number of hydrogen-bond acceptors (Lipinski definition) is 4. The summed E-state index contributed by atoms with van der Waals surface area (Å²) in [5.74, 6) is 1.67. The van der Waals surface area contributed by atoms with Crippen molar-refractivity contribution in [3.05, 3.63) is 23.8 Å². The fourth-order valence-corrected chi connectivity index (χ4v) is 2.93. The molecule has 0 aromatic heterocycles. The molecule has 5 heteroatoms. The number of hydrogen-bond donors (Lipinski definition) is 1. The van der Waals surface area contributed by atoms with Gasteiger partial charge in [0.25, 0.3) is 0 Å². The standard InChI is InChI=1S/C17H26N2O3/c1-12(14-5-6-16(21-3)17(11-14)22-4)18-15-7-9-19(10-8-15)13(2)20/h5-6,11-12,15,18H,7-10H2,1-4H3. The Morgan fingerprint density at radius 2 is 1.86 bits per heavy atom. The number of carbonyl (C=O) groups excluding carboxylic acids is 1. The zero-order chi connectivity index (χ0) is 16.1. The molecule has 0 aliphatic carbocycles. The number of methoxy groups -OCH3 is 2. The number of ether oxygens (including phenoxy) is 2. The molecule has 0 saturated carbocycles. The minimum atomic E-state index is 0.173. The molecule has 1 fully saturated rings. The van der Waals surface area contributed by atoms with E-state index in [-0.39, 0.29) is 11.9 Å². The van der Waals surface area contributed by atoms with Gasteiger partial charge in [-0.15, -0.1) is 0 Å². The number of rotatable bonds is 5. The maximum atomic E-state index is 11.4. The van der Waals surface area contributed by atoms with Crippen LogP contribution < -0.4 is 14.8 Å². The summed E-state index contributed by atoms with van der Waals surface area (Å²) >= 11 is 0. The van der Waals surface area contributed by atoms with E-state index in [2.05, 4.69) is 18.3 Å².